The second-order valence-electron chi connectivity index (χ2n) is 5.36. The summed E-state index contributed by atoms with van der Waals surface area (Å²) in [4.78, 5) is 11.9. The molecule has 1 unspecified atom stereocenters. The fourth-order valence-corrected chi connectivity index (χ4v) is 2.66. The van der Waals surface area contributed by atoms with Gasteiger partial charge in [-0.1, -0.05) is 33.6 Å². The molecule has 0 spiro atoms. The molecule has 104 valence electrons. The van der Waals surface area contributed by atoms with Gasteiger partial charge in [0.2, 0.25) is 5.91 Å². The second kappa shape index (κ2) is 6.54. The molecule has 1 rings (SSSR count). The maximum Gasteiger partial charge on any atom is 0.488 e. The normalized spacial score (nSPS) is 21.1. The van der Waals surface area contributed by atoms with Gasteiger partial charge in [-0.25, -0.2) is 0 Å². The van der Waals surface area contributed by atoms with Crippen LogP contribution in [0.2, 0.25) is 0 Å². The Morgan fingerprint density at radius 3 is 2.33 bits per heavy atom. The molecule has 1 heterocycles. The van der Waals surface area contributed by atoms with Crippen molar-refractivity contribution in [3.8, 4) is 0 Å². The zero-order chi connectivity index (χ0) is 13.8. The fraction of sp³-hybridized carbons (Fsp3) is 0.917. The summed E-state index contributed by atoms with van der Waals surface area (Å²) in [6.45, 7) is 7.16. The van der Waals surface area contributed by atoms with Gasteiger partial charge in [-0.05, 0) is 18.3 Å². The number of hydrogen-bond donors (Lipinski definition) is 2. The van der Waals surface area contributed by atoms with Crippen molar-refractivity contribution in [3.63, 3.8) is 0 Å². The summed E-state index contributed by atoms with van der Waals surface area (Å²) in [6, 6.07) is 0. The van der Waals surface area contributed by atoms with Crippen molar-refractivity contribution in [2.45, 2.75) is 45.5 Å². The summed E-state index contributed by atoms with van der Waals surface area (Å²) in [5, 5.41) is 0. The number of unbranched alkanes of at least 4 members (excludes halogenated alkanes) is 1. The average molecular weight is 256 g/mol. The number of carbonyl (C=O) groups excluding carboxylic acids is 1. The summed E-state index contributed by atoms with van der Waals surface area (Å²) < 4.78 is 10.9. The quantitative estimate of drug-likeness (QED) is 0.656. The van der Waals surface area contributed by atoms with E-state index in [0.717, 1.165) is 19.3 Å². The zero-order valence-electron chi connectivity index (χ0n) is 11.6. The Morgan fingerprint density at radius 1 is 1.39 bits per heavy atom. The highest BCUT2D eigenvalue weighted by Crippen LogP contribution is 2.32. The van der Waals surface area contributed by atoms with Crippen LogP contribution in [0, 0.1) is 11.8 Å². The van der Waals surface area contributed by atoms with Gasteiger partial charge in [0, 0.05) is 0 Å². The lowest BCUT2D eigenvalue weighted by molar-refractivity contribution is -0.123. The van der Waals surface area contributed by atoms with E-state index in [2.05, 4.69) is 20.8 Å². The van der Waals surface area contributed by atoms with Crippen LogP contribution in [0.1, 0.15) is 40.0 Å². The van der Waals surface area contributed by atoms with E-state index >= 15 is 0 Å². The van der Waals surface area contributed by atoms with Crippen LogP contribution in [0.4, 0.5) is 0 Å². The summed E-state index contributed by atoms with van der Waals surface area (Å²) >= 11 is 0. The third-order valence-electron chi connectivity index (χ3n) is 3.73. The number of rotatable bonds is 7. The molecule has 1 aliphatic heterocycles. The summed E-state index contributed by atoms with van der Waals surface area (Å²) in [5.74, 6) is -0.316. The molecule has 1 saturated heterocycles. The van der Waals surface area contributed by atoms with E-state index in [0.29, 0.717) is 13.2 Å². The van der Waals surface area contributed by atoms with Crippen LogP contribution in [0.3, 0.4) is 0 Å². The van der Waals surface area contributed by atoms with Gasteiger partial charge in [0.25, 0.3) is 0 Å². The molecule has 0 aromatic rings. The molecular formula is C12H25BN2O3. The molecular weight excluding hydrogens is 231 g/mol. The molecule has 18 heavy (non-hydrogen) atoms. The summed E-state index contributed by atoms with van der Waals surface area (Å²) in [6.07, 6.45) is 2.93. The standard InChI is InChI=1S/C12H25BN2O3/c1-4-5-6-10(9(2)3)12(15,11(14)16)13-17-7-8-18-13/h9-10H,4-8,15H2,1-3H3,(H2,14,16)/t10?,12-/m0/s1. The number of hydrogen-bond acceptors (Lipinski definition) is 4. The first-order chi connectivity index (χ1) is 8.44. The Bertz CT molecular complexity index is 282. The van der Waals surface area contributed by atoms with Gasteiger partial charge in [0.1, 0.15) is 5.44 Å². The Kier molecular flexibility index (Phi) is 5.62. The molecule has 0 radical (unpaired) electrons. The van der Waals surface area contributed by atoms with Gasteiger partial charge in [-0.2, -0.15) is 0 Å². The molecule has 6 heteroatoms. The predicted molar refractivity (Wildman–Crippen MR) is 71.6 cm³/mol. The van der Waals surface area contributed by atoms with Crippen molar-refractivity contribution in [2.24, 2.45) is 23.3 Å². The first-order valence-electron chi connectivity index (χ1n) is 6.76. The van der Waals surface area contributed by atoms with Crippen LogP contribution >= 0.6 is 0 Å². The molecule has 4 N–H and O–H groups in total. The van der Waals surface area contributed by atoms with E-state index in [4.69, 9.17) is 20.8 Å². The second-order valence-corrected chi connectivity index (χ2v) is 5.36. The van der Waals surface area contributed by atoms with E-state index < -0.39 is 18.5 Å². The first kappa shape index (κ1) is 15.5. The Labute approximate surface area is 110 Å². The minimum atomic E-state index is -1.24. The third-order valence-corrected chi connectivity index (χ3v) is 3.73. The summed E-state index contributed by atoms with van der Waals surface area (Å²) in [7, 11) is -0.709. The van der Waals surface area contributed by atoms with E-state index in [1.807, 2.05) is 0 Å². The summed E-state index contributed by atoms with van der Waals surface area (Å²) in [5.41, 5.74) is 10.6. The van der Waals surface area contributed by atoms with E-state index in [9.17, 15) is 4.79 Å². The van der Waals surface area contributed by atoms with Crippen LogP contribution in [-0.4, -0.2) is 31.7 Å². The van der Waals surface area contributed by atoms with Crippen molar-refractivity contribution in [1.82, 2.24) is 0 Å². The molecule has 0 bridgehead atoms. The van der Waals surface area contributed by atoms with E-state index in [1.54, 1.807) is 0 Å². The Morgan fingerprint density at radius 2 is 1.94 bits per heavy atom. The van der Waals surface area contributed by atoms with Crippen molar-refractivity contribution >= 4 is 13.0 Å². The van der Waals surface area contributed by atoms with Crippen LogP contribution in [-0.2, 0) is 14.1 Å². The van der Waals surface area contributed by atoms with Gasteiger partial charge in [0.05, 0.1) is 13.2 Å². The third kappa shape index (κ3) is 3.05. The van der Waals surface area contributed by atoms with Gasteiger partial charge < -0.3 is 20.8 Å². The molecule has 5 nitrogen and oxygen atoms in total. The lowest BCUT2D eigenvalue weighted by Gasteiger charge is -2.38. The average Bonchev–Trinajstić information content (AvgIpc) is 2.82. The highest BCUT2D eigenvalue weighted by molar-refractivity contribution is 6.55. The van der Waals surface area contributed by atoms with Gasteiger partial charge >= 0.3 is 7.12 Å². The Balaban J connectivity index is 2.94. The van der Waals surface area contributed by atoms with Gasteiger partial charge in [0.15, 0.2) is 0 Å². The maximum atomic E-state index is 11.9. The van der Waals surface area contributed by atoms with Crippen molar-refractivity contribution in [2.75, 3.05) is 13.2 Å². The smallest absolute Gasteiger partial charge is 0.407 e. The van der Waals surface area contributed by atoms with Gasteiger partial charge in [-0.15, -0.1) is 0 Å². The molecule has 1 aliphatic rings. The van der Waals surface area contributed by atoms with Crippen LogP contribution < -0.4 is 11.5 Å². The number of amides is 1. The topological polar surface area (TPSA) is 87.6 Å². The number of nitrogens with two attached hydrogens (primary N) is 2. The van der Waals surface area contributed by atoms with Crippen LogP contribution in [0.15, 0.2) is 0 Å². The zero-order valence-corrected chi connectivity index (χ0v) is 11.6. The molecule has 1 fully saturated rings. The predicted octanol–water partition coefficient (Wildman–Crippen LogP) is 0.706. The van der Waals surface area contributed by atoms with E-state index in [-0.39, 0.29) is 11.8 Å². The molecule has 0 aliphatic carbocycles. The van der Waals surface area contributed by atoms with Crippen LogP contribution in [0.25, 0.3) is 0 Å². The monoisotopic (exact) mass is 256 g/mol. The molecule has 0 aromatic carbocycles. The fourth-order valence-electron chi connectivity index (χ4n) is 2.66. The lowest BCUT2D eigenvalue weighted by Crippen LogP contribution is -2.68. The highest BCUT2D eigenvalue weighted by atomic mass is 16.6. The van der Waals surface area contributed by atoms with Crippen molar-refractivity contribution < 1.29 is 14.1 Å². The van der Waals surface area contributed by atoms with Crippen LogP contribution in [0.5, 0.6) is 0 Å². The minimum Gasteiger partial charge on any atom is -0.407 e. The molecule has 0 saturated carbocycles. The number of primary amides is 1. The van der Waals surface area contributed by atoms with Crippen molar-refractivity contribution in [3.05, 3.63) is 0 Å². The van der Waals surface area contributed by atoms with E-state index in [1.165, 1.54) is 0 Å². The molecule has 2 atom stereocenters. The largest absolute Gasteiger partial charge is 0.488 e. The SMILES string of the molecule is CCCCC(C(C)C)[C@@](N)(B1OCCO1)C(N)=O. The first-order valence-corrected chi connectivity index (χ1v) is 6.76. The molecule has 1 amide bonds. The Hall–Kier alpha value is -0.585. The van der Waals surface area contributed by atoms with Crippen molar-refractivity contribution in [1.29, 1.82) is 0 Å². The minimum absolute atomic E-state index is 0.0296. The lowest BCUT2D eigenvalue weighted by atomic mass is 9.54. The number of carbonyl (C=O) groups is 1. The highest BCUT2D eigenvalue weighted by Gasteiger charge is 2.55. The van der Waals surface area contributed by atoms with Gasteiger partial charge in [-0.3, -0.25) is 4.79 Å². The molecule has 0 aromatic heterocycles. The maximum absolute atomic E-state index is 11.9.